The van der Waals surface area contributed by atoms with Gasteiger partial charge in [0, 0.05) is 23.8 Å². The summed E-state index contributed by atoms with van der Waals surface area (Å²) in [7, 11) is 0. The van der Waals surface area contributed by atoms with E-state index in [-0.39, 0.29) is 35.2 Å². The normalized spacial score (nSPS) is 25.1. The molecule has 0 saturated carbocycles. The molecule has 0 spiro atoms. The van der Waals surface area contributed by atoms with Gasteiger partial charge in [-0.2, -0.15) is 4.98 Å². The van der Waals surface area contributed by atoms with E-state index in [0.29, 0.717) is 23.0 Å². The van der Waals surface area contributed by atoms with Crippen molar-refractivity contribution in [2.75, 3.05) is 13.1 Å². The fourth-order valence-electron chi connectivity index (χ4n) is 4.32. The molecule has 1 aromatic carbocycles. The summed E-state index contributed by atoms with van der Waals surface area (Å²) < 4.78 is 40.2. The number of hydrogen-bond acceptors (Lipinski definition) is 7. The summed E-state index contributed by atoms with van der Waals surface area (Å²) >= 11 is -0.495. The van der Waals surface area contributed by atoms with E-state index in [1.54, 1.807) is 32.9 Å². The minimum Gasteiger partial charge on any atom is -0.444 e. The highest BCUT2D eigenvalue weighted by atomic mass is 32.2. The van der Waals surface area contributed by atoms with Crippen LogP contribution in [0.15, 0.2) is 45.2 Å². The number of amides is 1. The molecule has 190 valence electrons. The van der Waals surface area contributed by atoms with Crippen LogP contribution in [-0.2, 0) is 15.8 Å². The SMILES string of the molecule is Cc1ccc(S(=O)Oc2cc(=O)n3c(n2)SC([C@H]2CCN(C(=O)OC(C)(C)C)C[C@@H]2F)C3C)cc1. The van der Waals surface area contributed by atoms with Gasteiger partial charge in [0.1, 0.15) is 11.8 Å². The Morgan fingerprint density at radius 1 is 1.26 bits per heavy atom. The topological polar surface area (TPSA) is 90.7 Å². The minimum atomic E-state index is -1.82. The van der Waals surface area contributed by atoms with Crippen LogP contribution in [0.5, 0.6) is 5.88 Å². The molecule has 5 atom stereocenters. The molecule has 0 radical (unpaired) electrons. The second-order valence-electron chi connectivity index (χ2n) is 9.93. The Labute approximate surface area is 210 Å². The number of aromatic nitrogens is 2. The van der Waals surface area contributed by atoms with Crippen molar-refractivity contribution in [3.8, 4) is 5.88 Å². The van der Waals surface area contributed by atoms with Crippen molar-refractivity contribution >= 4 is 28.9 Å². The number of carbonyl (C=O) groups excluding carboxylic acids is 1. The molecule has 2 aliphatic rings. The lowest BCUT2D eigenvalue weighted by atomic mass is 9.88. The molecular formula is C24H30FN3O5S2. The highest BCUT2D eigenvalue weighted by Gasteiger charge is 2.44. The number of hydrogen-bond donors (Lipinski definition) is 0. The van der Waals surface area contributed by atoms with Crippen molar-refractivity contribution in [2.45, 2.75) is 74.2 Å². The van der Waals surface area contributed by atoms with Crippen LogP contribution in [0.3, 0.4) is 0 Å². The number of piperidine rings is 1. The fraction of sp³-hybridized carbons (Fsp3) is 0.542. The van der Waals surface area contributed by atoms with E-state index in [1.165, 1.54) is 27.3 Å². The van der Waals surface area contributed by atoms with E-state index in [2.05, 4.69) is 4.98 Å². The van der Waals surface area contributed by atoms with Crippen LogP contribution >= 0.6 is 11.8 Å². The van der Waals surface area contributed by atoms with Gasteiger partial charge in [-0.25, -0.2) is 13.4 Å². The number of halogens is 1. The maximum Gasteiger partial charge on any atom is 0.410 e. The van der Waals surface area contributed by atoms with Gasteiger partial charge < -0.3 is 13.8 Å². The molecule has 1 saturated heterocycles. The van der Waals surface area contributed by atoms with E-state index in [4.69, 9.17) is 8.92 Å². The molecule has 3 unspecified atom stereocenters. The molecule has 1 aromatic heterocycles. The third-order valence-electron chi connectivity index (χ3n) is 6.06. The van der Waals surface area contributed by atoms with Gasteiger partial charge in [0.15, 0.2) is 5.16 Å². The van der Waals surface area contributed by atoms with Gasteiger partial charge >= 0.3 is 6.09 Å². The molecule has 1 fully saturated rings. The lowest BCUT2D eigenvalue weighted by molar-refractivity contribution is 0.00439. The highest BCUT2D eigenvalue weighted by Crippen LogP contribution is 2.45. The van der Waals surface area contributed by atoms with Gasteiger partial charge in [0.25, 0.3) is 5.56 Å². The molecule has 2 aromatic rings. The average Bonchev–Trinajstić information content (AvgIpc) is 3.09. The van der Waals surface area contributed by atoms with Crippen molar-refractivity contribution in [3.05, 3.63) is 46.2 Å². The number of rotatable bonds is 4. The Balaban J connectivity index is 1.45. The van der Waals surface area contributed by atoms with Gasteiger partial charge in [0.2, 0.25) is 17.0 Å². The molecule has 3 heterocycles. The van der Waals surface area contributed by atoms with Gasteiger partial charge in [-0.3, -0.25) is 9.36 Å². The molecule has 0 bridgehead atoms. The Bertz CT molecular complexity index is 1180. The zero-order chi connectivity index (χ0) is 25.5. The summed E-state index contributed by atoms with van der Waals surface area (Å²) in [5.74, 6) is -0.391. The zero-order valence-corrected chi connectivity index (χ0v) is 22.0. The van der Waals surface area contributed by atoms with Crippen LogP contribution in [0.25, 0.3) is 0 Å². The van der Waals surface area contributed by atoms with Crippen LogP contribution in [0.2, 0.25) is 0 Å². The van der Waals surface area contributed by atoms with Crippen LogP contribution < -0.4 is 9.74 Å². The lowest BCUT2D eigenvalue weighted by Crippen LogP contribution is -2.49. The first-order valence-corrected chi connectivity index (χ1v) is 13.5. The van der Waals surface area contributed by atoms with Gasteiger partial charge in [-0.15, -0.1) is 0 Å². The van der Waals surface area contributed by atoms with Gasteiger partial charge in [0.05, 0.1) is 17.5 Å². The molecule has 35 heavy (non-hydrogen) atoms. The van der Waals surface area contributed by atoms with Crippen molar-refractivity contribution < 1.29 is 22.3 Å². The number of benzene rings is 1. The summed E-state index contributed by atoms with van der Waals surface area (Å²) in [4.78, 5) is 31.5. The van der Waals surface area contributed by atoms with Crippen LogP contribution in [0, 0.1) is 12.8 Å². The maximum absolute atomic E-state index is 15.3. The number of likely N-dealkylation sites (tertiary alicyclic amines) is 1. The third-order valence-corrected chi connectivity index (χ3v) is 8.55. The smallest absolute Gasteiger partial charge is 0.410 e. The van der Waals surface area contributed by atoms with Crippen LogP contribution in [-0.4, -0.2) is 54.9 Å². The molecule has 2 aliphatic heterocycles. The first-order chi connectivity index (χ1) is 16.4. The van der Waals surface area contributed by atoms with Gasteiger partial charge in [-0.1, -0.05) is 29.5 Å². The van der Waals surface area contributed by atoms with Crippen molar-refractivity contribution in [1.82, 2.24) is 14.5 Å². The number of ether oxygens (including phenoxy) is 1. The standard InChI is InChI=1S/C24H30FN3O5S2/c1-14-6-8-16(9-7-14)35(31)33-19-12-20(29)28-15(2)21(34-22(28)26-19)17-10-11-27(13-18(17)25)23(30)32-24(3,4)5/h6-9,12,15,17-18,21H,10-11,13H2,1-5H3/t15?,17-,18-,21?,35?/m0/s1. The summed E-state index contributed by atoms with van der Waals surface area (Å²) in [6.07, 6.45) is -1.33. The molecule has 11 heteroatoms. The number of fused-ring (bicyclic) bond motifs is 1. The fourth-order valence-corrected chi connectivity index (χ4v) is 6.57. The number of aryl methyl sites for hydroxylation is 1. The largest absolute Gasteiger partial charge is 0.444 e. The first kappa shape index (κ1) is 25.7. The van der Waals surface area contributed by atoms with E-state index < -0.39 is 28.9 Å². The van der Waals surface area contributed by atoms with Crippen molar-refractivity contribution in [2.24, 2.45) is 5.92 Å². The predicted molar refractivity (Wildman–Crippen MR) is 132 cm³/mol. The molecule has 1 amide bonds. The van der Waals surface area contributed by atoms with E-state index in [1.807, 2.05) is 26.0 Å². The maximum atomic E-state index is 15.3. The van der Waals surface area contributed by atoms with Crippen molar-refractivity contribution in [1.29, 1.82) is 0 Å². The zero-order valence-electron chi connectivity index (χ0n) is 20.4. The Hall–Kier alpha value is -2.40. The van der Waals surface area contributed by atoms with E-state index in [9.17, 15) is 13.8 Å². The number of carbonyl (C=O) groups is 1. The Kier molecular flexibility index (Phi) is 7.28. The summed E-state index contributed by atoms with van der Waals surface area (Å²) in [6.45, 7) is 9.45. The summed E-state index contributed by atoms with van der Waals surface area (Å²) in [5, 5.41) is 0.177. The summed E-state index contributed by atoms with van der Waals surface area (Å²) in [5.41, 5.74) is 0.0432. The molecule has 0 aliphatic carbocycles. The molecule has 8 nitrogen and oxygen atoms in total. The van der Waals surface area contributed by atoms with E-state index in [0.717, 1.165) is 5.56 Å². The van der Waals surface area contributed by atoms with Crippen LogP contribution in [0.1, 0.15) is 45.7 Å². The quantitative estimate of drug-likeness (QED) is 0.553. The minimum absolute atomic E-state index is 0.0305. The van der Waals surface area contributed by atoms with Gasteiger partial charge in [-0.05, 0) is 53.2 Å². The Morgan fingerprint density at radius 2 is 1.94 bits per heavy atom. The molecule has 0 N–H and O–H groups in total. The highest BCUT2D eigenvalue weighted by molar-refractivity contribution is 8.00. The number of nitrogens with zero attached hydrogens (tertiary/aromatic N) is 3. The molecule has 4 rings (SSSR count). The first-order valence-electron chi connectivity index (χ1n) is 11.5. The van der Waals surface area contributed by atoms with Crippen molar-refractivity contribution in [3.63, 3.8) is 0 Å². The second-order valence-corrected chi connectivity index (χ2v) is 12.2. The summed E-state index contributed by atoms with van der Waals surface area (Å²) in [6, 6.07) is 7.97. The second kappa shape index (κ2) is 9.93. The van der Waals surface area contributed by atoms with Crippen LogP contribution in [0.4, 0.5) is 9.18 Å². The van der Waals surface area contributed by atoms with E-state index >= 15 is 4.39 Å². The number of alkyl halides is 1. The molecular weight excluding hydrogens is 493 g/mol. The monoisotopic (exact) mass is 523 g/mol. The number of thioether (sulfide) groups is 1. The lowest BCUT2D eigenvalue weighted by Gasteiger charge is -2.38. The average molecular weight is 524 g/mol. The third kappa shape index (κ3) is 5.72. The Morgan fingerprint density at radius 3 is 2.57 bits per heavy atom. The predicted octanol–water partition coefficient (Wildman–Crippen LogP) is 4.28.